The summed E-state index contributed by atoms with van der Waals surface area (Å²) in [6, 6.07) is 6.03. The normalized spacial score (nSPS) is 22.6. The second kappa shape index (κ2) is 6.97. The second-order valence-corrected chi connectivity index (χ2v) is 7.98. The molecule has 1 atom stereocenters. The lowest BCUT2D eigenvalue weighted by Gasteiger charge is -2.36. The zero-order valence-corrected chi connectivity index (χ0v) is 16.0. The van der Waals surface area contributed by atoms with E-state index in [0.29, 0.717) is 31.0 Å². The molecule has 6 nitrogen and oxygen atoms in total. The van der Waals surface area contributed by atoms with Gasteiger partial charge in [-0.05, 0) is 55.8 Å². The van der Waals surface area contributed by atoms with Crippen molar-refractivity contribution in [2.24, 2.45) is 0 Å². The molecule has 0 radical (unpaired) electrons. The number of methoxy groups -OCH3 is 1. The number of fused-ring (bicyclic) bond motifs is 1. The van der Waals surface area contributed by atoms with Crippen LogP contribution in [0.4, 0.5) is 0 Å². The van der Waals surface area contributed by atoms with Crippen LogP contribution in [0.2, 0.25) is 6.32 Å². The van der Waals surface area contributed by atoms with Crippen LogP contribution >= 0.6 is 0 Å². The van der Waals surface area contributed by atoms with Crippen molar-refractivity contribution in [2.75, 3.05) is 20.3 Å². The molecular formula is C21H24BNO5. The fourth-order valence-electron chi connectivity index (χ4n) is 4.56. The lowest BCUT2D eigenvalue weighted by Crippen LogP contribution is -2.42. The molecule has 1 N–H and O–H groups in total. The van der Waals surface area contributed by atoms with Crippen molar-refractivity contribution in [3.63, 3.8) is 0 Å². The SMILES string of the molecule is COc1ccc(-c2cncc(C3COB(O)C3)c2)c2c1OC1(CCCC1)CO2. The minimum absolute atomic E-state index is 0.149. The number of ether oxygens (including phenoxy) is 3. The van der Waals surface area contributed by atoms with Gasteiger partial charge in [-0.15, -0.1) is 0 Å². The van der Waals surface area contributed by atoms with E-state index in [2.05, 4.69) is 11.1 Å². The largest absolute Gasteiger partial charge is 0.493 e. The van der Waals surface area contributed by atoms with Gasteiger partial charge in [0.25, 0.3) is 0 Å². The molecule has 7 heteroatoms. The molecule has 1 aliphatic carbocycles. The average Bonchev–Trinajstić information content (AvgIpc) is 3.36. The first-order chi connectivity index (χ1) is 13.7. The van der Waals surface area contributed by atoms with Crippen LogP contribution < -0.4 is 14.2 Å². The van der Waals surface area contributed by atoms with E-state index in [1.807, 2.05) is 24.5 Å². The zero-order valence-electron chi connectivity index (χ0n) is 16.0. The Labute approximate surface area is 164 Å². The third-order valence-electron chi connectivity index (χ3n) is 6.13. The molecule has 146 valence electrons. The van der Waals surface area contributed by atoms with E-state index in [9.17, 15) is 5.02 Å². The topological polar surface area (TPSA) is 70.0 Å². The maximum absolute atomic E-state index is 9.67. The number of rotatable bonds is 3. The monoisotopic (exact) mass is 381 g/mol. The molecule has 3 heterocycles. The Hall–Kier alpha value is -2.25. The summed E-state index contributed by atoms with van der Waals surface area (Å²) in [5, 5.41) is 9.67. The minimum atomic E-state index is -0.693. The number of pyridine rings is 1. The molecule has 28 heavy (non-hydrogen) atoms. The van der Waals surface area contributed by atoms with E-state index in [4.69, 9.17) is 18.9 Å². The first kappa shape index (κ1) is 17.8. The maximum atomic E-state index is 9.67. The van der Waals surface area contributed by atoms with E-state index in [1.54, 1.807) is 7.11 Å². The predicted molar refractivity (Wildman–Crippen MR) is 105 cm³/mol. The highest BCUT2D eigenvalue weighted by Crippen LogP contribution is 2.51. The summed E-state index contributed by atoms with van der Waals surface area (Å²) in [6.07, 6.45) is 8.64. The Morgan fingerprint density at radius 2 is 2.07 bits per heavy atom. The van der Waals surface area contributed by atoms with E-state index < -0.39 is 7.12 Å². The van der Waals surface area contributed by atoms with Crippen molar-refractivity contribution in [3.8, 4) is 28.4 Å². The first-order valence-corrected chi connectivity index (χ1v) is 9.95. The zero-order chi connectivity index (χ0) is 19.1. The van der Waals surface area contributed by atoms with Crippen LogP contribution in [0.15, 0.2) is 30.6 Å². The maximum Gasteiger partial charge on any atom is 0.454 e. The molecule has 0 amide bonds. The van der Waals surface area contributed by atoms with Gasteiger partial charge in [-0.1, -0.05) is 0 Å². The Balaban J connectivity index is 1.53. The third-order valence-corrected chi connectivity index (χ3v) is 6.13. The molecular weight excluding hydrogens is 357 g/mol. The Morgan fingerprint density at radius 1 is 1.21 bits per heavy atom. The van der Waals surface area contributed by atoms with Gasteiger partial charge in [0.05, 0.1) is 7.11 Å². The summed E-state index contributed by atoms with van der Waals surface area (Å²) in [7, 11) is 0.962. The number of hydrogen-bond donors (Lipinski definition) is 1. The molecule has 2 aromatic rings. The highest BCUT2D eigenvalue weighted by Gasteiger charge is 2.42. The Kier molecular flexibility index (Phi) is 4.44. The number of benzene rings is 1. The van der Waals surface area contributed by atoms with Crippen molar-refractivity contribution in [1.82, 2.24) is 4.98 Å². The molecule has 2 aliphatic heterocycles. The average molecular weight is 381 g/mol. The Bertz CT molecular complexity index is 883. The fraction of sp³-hybridized carbons (Fsp3) is 0.476. The molecule has 0 bridgehead atoms. The summed E-state index contributed by atoms with van der Waals surface area (Å²) >= 11 is 0. The molecule has 3 aliphatic rings. The summed E-state index contributed by atoms with van der Waals surface area (Å²) in [6.45, 7) is 1.07. The van der Waals surface area contributed by atoms with Gasteiger partial charge in [-0.25, -0.2) is 0 Å². The van der Waals surface area contributed by atoms with Crippen molar-refractivity contribution < 1.29 is 23.9 Å². The van der Waals surface area contributed by atoms with Crippen LogP contribution in [-0.4, -0.2) is 43.1 Å². The van der Waals surface area contributed by atoms with Gasteiger partial charge >= 0.3 is 7.12 Å². The molecule has 1 aromatic heterocycles. The summed E-state index contributed by atoms with van der Waals surface area (Å²) in [5.74, 6) is 2.26. The van der Waals surface area contributed by atoms with Crippen LogP contribution in [0.1, 0.15) is 37.2 Å². The summed E-state index contributed by atoms with van der Waals surface area (Å²) in [5.41, 5.74) is 2.74. The van der Waals surface area contributed by atoms with Gasteiger partial charge in [0.1, 0.15) is 12.2 Å². The van der Waals surface area contributed by atoms with Gasteiger partial charge in [0.15, 0.2) is 11.5 Å². The van der Waals surface area contributed by atoms with Crippen molar-refractivity contribution in [2.45, 2.75) is 43.5 Å². The highest BCUT2D eigenvalue weighted by atomic mass is 16.6. The van der Waals surface area contributed by atoms with E-state index in [1.165, 1.54) is 12.8 Å². The standard InChI is InChI=1S/C21H24BNO5/c1-25-18-5-4-17(19-20(18)28-21(13-26-19)6-2-3-7-21)15-8-14(10-23-11-15)16-9-22(24)27-12-16/h4-5,8,10-11,16,24H,2-3,6-7,9,12-13H2,1H3. The highest BCUT2D eigenvalue weighted by molar-refractivity contribution is 6.43. The van der Waals surface area contributed by atoms with Crippen molar-refractivity contribution >= 4 is 7.12 Å². The number of aromatic nitrogens is 1. The lowest BCUT2D eigenvalue weighted by atomic mass is 9.79. The summed E-state index contributed by atoms with van der Waals surface area (Å²) in [4.78, 5) is 4.43. The smallest absolute Gasteiger partial charge is 0.454 e. The van der Waals surface area contributed by atoms with Crippen LogP contribution in [0.5, 0.6) is 17.2 Å². The van der Waals surface area contributed by atoms with Gasteiger partial charge in [-0.2, -0.15) is 0 Å². The molecule has 5 rings (SSSR count). The second-order valence-electron chi connectivity index (χ2n) is 7.98. The Morgan fingerprint density at radius 3 is 2.82 bits per heavy atom. The molecule has 1 aromatic carbocycles. The van der Waals surface area contributed by atoms with Crippen LogP contribution in [0.3, 0.4) is 0 Å². The number of hydrogen-bond acceptors (Lipinski definition) is 6. The van der Waals surface area contributed by atoms with Crippen LogP contribution in [0.25, 0.3) is 11.1 Å². The molecule has 1 spiro atoms. The minimum Gasteiger partial charge on any atom is -0.493 e. The first-order valence-electron chi connectivity index (χ1n) is 9.95. The van der Waals surface area contributed by atoms with Gasteiger partial charge in [0.2, 0.25) is 5.75 Å². The fourth-order valence-corrected chi connectivity index (χ4v) is 4.56. The summed E-state index contributed by atoms with van der Waals surface area (Å²) < 4.78 is 23.6. The lowest BCUT2D eigenvalue weighted by molar-refractivity contribution is -0.00492. The van der Waals surface area contributed by atoms with Crippen molar-refractivity contribution in [3.05, 3.63) is 36.2 Å². The van der Waals surface area contributed by atoms with Gasteiger partial charge in [-0.3, -0.25) is 4.98 Å². The molecule has 1 saturated carbocycles. The van der Waals surface area contributed by atoms with Gasteiger partial charge < -0.3 is 23.9 Å². The quantitative estimate of drug-likeness (QED) is 0.822. The molecule has 2 fully saturated rings. The van der Waals surface area contributed by atoms with Gasteiger partial charge in [0, 0.05) is 36.0 Å². The third kappa shape index (κ3) is 3.03. The molecule has 1 saturated heterocycles. The van der Waals surface area contributed by atoms with Crippen LogP contribution in [-0.2, 0) is 4.65 Å². The number of nitrogens with zero attached hydrogens (tertiary/aromatic N) is 1. The van der Waals surface area contributed by atoms with E-state index >= 15 is 0 Å². The molecule has 1 unspecified atom stereocenters. The van der Waals surface area contributed by atoms with Crippen molar-refractivity contribution in [1.29, 1.82) is 0 Å². The van der Waals surface area contributed by atoms with Crippen LogP contribution in [0, 0.1) is 0 Å². The predicted octanol–water partition coefficient (Wildman–Crippen LogP) is 3.44. The van der Waals surface area contributed by atoms with E-state index in [-0.39, 0.29) is 11.5 Å². The van der Waals surface area contributed by atoms with E-state index in [0.717, 1.165) is 35.3 Å².